The van der Waals surface area contributed by atoms with Gasteiger partial charge in [-0.2, -0.15) is 0 Å². The Bertz CT molecular complexity index is 2040. The van der Waals surface area contributed by atoms with Crippen molar-refractivity contribution in [3.05, 3.63) is 23.3 Å². The minimum Gasteiger partial charge on any atom is -0.463 e. The average molecular weight is 1070 g/mol. The van der Waals surface area contributed by atoms with Gasteiger partial charge in [-0.25, -0.2) is 4.79 Å². The third-order valence-corrected chi connectivity index (χ3v) is 19.0. The van der Waals surface area contributed by atoms with Gasteiger partial charge >= 0.3 is 11.9 Å². The summed E-state index contributed by atoms with van der Waals surface area (Å²) in [4.78, 5) is 25.7. The van der Waals surface area contributed by atoms with E-state index in [2.05, 4.69) is 13.0 Å². The minimum absolute atomic E-state index is 0.0292. The van der Waals surface area contributed by atoms with Crippen LogP contribution in [-0.2, 0) is 66.4 Å². The van der Waals surface area contributed by atoms with Crippen molar-refractivity contribution in [2.24, 2.45) is 28.6 Å². The van der Waals surface area contributed by atoms with E-state index in [9.17, 15) is 45.3 Å². The number of methoxy groups -OCH3 is 2. The highest BCUT2D eigenvalue weighted by molar-refractivity contribution is 5.87. The van der Waals surface area contributed by atoms with Crippen LogP contribution in [0.5, 0.6) is 0 Å². The van der Waals surface area contributed by atoms with Crippen LogP contribution in [0.3, 0.4) is 0 Å². The number of esters is 2. The Labute approximate surface area is 440 Å². The third kappa shape index (κ3) is 11.0. The van der Waals surface area contributed by atoms with E-state index in [4.69, 9.17) is 56.8 Å². The molecule has 0 amide bonds. The van der Waals surface area contributed by atoms with E-state index in [-0.39, 0.29) is 41.7 Å². The molecule has 428 valence electrons. The molecule has 21 heteroatoms. The fourth-order valence-corrected chi connectivity index (χ4v) is 14.5. The van der Waals surface area contributed by atoms with Crippen molar-refractivity contribution < 1.29 is 102 Å². The summed E-state index contributed by atoms with van der Waals surface area (Å²) in [5.74, 6) is -1.04. The molecule has 4 aliphatic carbocycles. The first-order valence-corrected chi connectivity index (χ1v) is 27.2. The van der Waals surface area contributed by atoms with Gasteiger partial charge in [-0.05, 0) is 104 Å². The number of fused-ring (bicyclic) bond motifs is 5. The predicted molar refractivity (Wildman–Crippen MR) is 262 cm³/mol. The molecular formula is C54H86O21. The lowest BCUT2D eigenvalue weighted by atomic mass is 9.44. The van der Waals surface area contributed by atoms with Crippen molar-refractivity contribution in [3.8, 4) is 0 Å². The van der Waals surface area contributed by atoms with Crippen molar-refractivity contribution in [2.75, 3.05) is 20.8 Å². The van der Waals surface area contributed by atoms with Gasteiger partial charge in [0, 0.05) is 50.9 Å². The zero-order valence-electron chi connectivity index (χ0n) is 45.4. The first kappa shape index (κ1) is 58.9. The van der Waals surface area contributed by atoms with Crippen LogP contribution in [0.2, 0.25) is 0 Å². The molecular weight excluding hydrogens is 985 g/mol. The molecule has 4 heterocycles. The summed E-state index contributed by atoms with van der Waals surface area (Å²) >= 11 is 0. The summed E-state index contributed by atoms with van der Waals surface area (Å²) in [6.45, 7) is 15.7. The lowest BCUT2D eigenvalue weighted by molar-refractivity contribution is -0.372. The summed E-state index contributed by atoms with van der Waals surface area (Å²) in [5, 5.41) is 76.0. The second-order valence-corrected chi connectivity index (χ2v) is 23.1. The SMILES string of the molecule is C/C=C(\C)C(=O)O[C@@H]1C[C@H]2[C@@H](CC=C3C[C@@H](O[C@H]4C[C@H](OC)[C@@H](O[C@H]5C[C@H](OC)[C@@H](O[C@@H]6O[C@H](C)[C@@H](O[C@@H]7O[C@H](CO)[C@@H](O)[C@H](O)[C@H]7O)[C@H](O)[C@H]6O)[C@@H](C)O5)[C@@H](C)O4)CC[C@@]32C)[C@@]2(O)CC[C@H]([C@@H](C)OC(C)=O)[C@@]12C. The lowest BCUT2D eigenvalue weighted by Crippen LogP contribution is -2.67. The normalized spacial score (nSPS) is 49.7. The number of carbonyl (C=O) groups excluding carboxylic acids is 2. The third-order valence-electron chi connectivity index (χ3n) is 19.0. The Hall–Kier alpha value is -2.26. The lowest BCUT2D eigenvalue weighted by Gasteiger charge is -2.63. The van der Waals surface area contributed by atoms with Crippen LogP contribution < -0.4 is 0 Å². The number of carbonyl (C=O) groups is 2. The van der Waals surface area contributed by atoms with Gasteiger partial charge in [-0.15, -0.1) is 0 Å². The number of aliphatic hydroxyl groups excluding tert-OH is 6. The summed E-state index contributed by atoms with van der Waals surface area (Å²) in [7, 11) is 3.14. The average Bonchev–Trinajstić information content (AvgIpc) is 3.71. The molecule has 0 unspecified atom stereocenters. The van der Waals surface area contributed by atoms with Crippen LogP contribution in [-0.4, -0.2) is 203 Å². The molecule has 27 atom stereocenters. The molecule has 0 aromatic carbocycles. The standard InChI is InChI=1S/C54H86O21/c1-12-24(2)49(62)72-38-20-34-33(54(63)18-16-32(53(38,54)9)25(3)66-29(7)56)14-13-30-19-31(15-17-52(30,34)8)70-39-21-35(64-10)46(26(4)67-39)73-40-22-36(65-11)47(27(5)68-40)74-50-45(61)43(59)48(28(6)69-50)75-51-44(60)42(58)41(57)37(23-55)71-51/h12-13,25-28,31-48,50-51,55,57-61,63H,14-23H2,1-11H3/b24-12+/t25-,26-,27-,28-,31+,32-,33-,34+,35+,36+,37-,38-,39+,40+,41-,42+,43-,44-,45-,46+,47+,48-,50+,51+,52+,53+,54+/m1/s1. The van der Waals surface area contributed by atoms with E-state index in [0.29, 0.717) is 44.1 Å². The highest BCUT2D eigenvalue weighted by Crippen LogP contribution is 2.69. The van der Waals surface area contributed by atoms with Crippen LogP contribution in [0.1, 0.15) is 120 Å². The van der Waals surface area contributed by atoms with Gasteiger partial charge in [-0.1, -0.05) is 31.6 Å². The quantitative estimate of drug-likeness (QED) is 0.0703. The molecule has 3 saturated carbocycles. The van der Waals surface area contributed by atoms with Gasteiger partial charge in [-0.3, -0.25) is 4.79 Å². The number of ether oxygens (including phenoxy) is 12. The number of hydrogen-bond acceptors (Lipinski definition) is 21. The predicted octanol–water partition coefficient (Wildman–Crippen LogP) is 2.23. The summed E-state index contributed by atoms with van der Waals surface area (Å²) in [6.07, 6.45) is -11.4. The number of rotatable bonds is 15. The van der Waals surface area contributed by atoms with E-state index < -0.39 is 146 Å². The Morgan fingerprint density at radius 1 is 0.747 bits per heavy atom. The van der Waals surface area contributed by atoms with Crippen molar-refractivity contribution in [3.63, 3.8) is 0 Å². The number of aliphatic hydroxyl groups is 7. The summed E-state index contributed by atoms with van der Waals surface area (Å²) in [6, 6.07) is 0. The summed E-state index contributed by atoms with van der Waals surface area (Å²) in [5.41, 5.74) is -0.511. The molecule has 0 spiro atoms. The number of allylic oxidation sites excluding steroid dienone is 2. The highest BCUT2D eigenvalue weighted by Gasteiger charge is 2.72. The van der Waals surface area contributed by atoms with Crippen LogP contribution >= 0.6 is 0 Å². The Morgan fingerprint density at radius 3 is 1.95 bits per heavy atom. The fraction of sp³-hybridized carbons (Fsp3) is 0.889. The van der Waals surface area contributed by atoms with Gasteiger partial charge in [0.05, 0.1) is 48.8 Å². The molecule has 4 saturated heterocycles. The zero-order valence-corrected chi connectivity index (χ0v) is 45.4. The van der Waals surface area contributed by atoms with Crippen molar-refractivity contribution in [2.45, 2.75) is 255 Å². The Morgan fingerprint density at radius 2 is 1.33 bits per heavy atom. The topological polar surface area (TPSA) is 287 Å². The molecule has 21 nitrogen and oxygen atoms in total. The molecule has 75 heavy (non-hydrogen) atoms. The molecule has 0 bridgehead atoms. The minimum atomic E-state index is -1.73. The maximum Gasteiger partial charge on any atom is 0.333 e. The molecule has 8 aliphatic rings. The van der Waals surface area contributed by atoms with Crippen LogP contribution in [0.4, 0.5) is 0 Å². The first-order valence-electron chi connectivity index (χ1n) is 27.2. The molecule has 7 N–H and O–H groups in total. The van der Waals surface area contributed by atoms with E-state index in [1.807, 2.05) is 20.8 Å². The zero-order chi connectivity index (χ0) is 54.6. The summed E-state index contributed by atoms with van der Waals surface area (Å²) < 4.78 is 73.9. The van der Waals surface area contributed by atoms with Gasteiger partial charge in [0.2, 0.25) is 0 Å². The molecule has 0 radical (unpaired) electrons. The van der Waals surface area contributed by atoms with Crippen LogP contribution in [0, 0.1) is 28.6 Å². The van der Waals surface area contributed by atoms with E-state index in [1.54, 1.807) is 40.9 Å². The molecule has 4 aliphatic heterocycles. The first-order chi connectivity index (χ1) is 35.4. The van der Waals surface area contributed by atoms with Gasteiger partial charge in [0.25, 0.3) is 0 Å². The Kier molecular flexibility index (Phi) is 18.4. The van der Waals surface area contributed by atoms with E-state index in [0.717, 1.165) is 12.8 Å². The molecule has 8 rings (SSSR count). The second-order valence-electron chi connectivity index (χ2n) is 23.1. The maximum absolute atomic E-state index is 13.5. The Balaban J connectivity index is 0.867. The van der Waals surface area contributed by atoms with Crippen molar-refractivity contribution in [1.29, 1.82) is 0 Å². The van der Waals surface area contributed by atoms with Gasteiger partial charge in [0.15, 0.2) is 25.2 Å². The van der Waals surface area contributed by atoms with E-state index in [1.165, 1.54) is 19.6 Å². The van der Waals surface area contributed by atoms with E-state index >= 15 is 0 Å². The monoisotopic (exact) mass is 1070 g/mol. The second kappa shape index (κ2) is 23.4. The smallest absolute Gasteiger partial charge is 0.333 e. The molecule has 0 aromatic heterocycles. The van der Waals surface area contributed by atoms with Crippen LogP contribution in [0.15, 0.2) is 23.3 Å². The highest BCUT2D eigenvalue weighted by atomic mass is 16.8. The van der Waals surface area contributed by atoms with Crippen molar-refractivity contribution >= 4 is 11.9 Å². The van der Waals surface area contributed by atoms with Crippen molar-refractivity contribution in [1.82, 2.24) is 0 Å². The fourth-order valence-electron chi connectivity index (χ4n) is 14.5. The molecule has 7 fully saturated rings. The van der Waals surface area contributed by atoms with Gasteiger partial charge in [0.1, 0.15) is 67.1 Å². The maximum atomic E-state index is 13.5. The largest absolute Gasteiger partial charge is 0.463 e. The number of hydrogen-bond donors (Lipinski definition) is 7. The van der Waals surface area contributed by atoms with Gasteiger partial charge < -0.3 is 92.6 Å². The van der Waals surface area contributed by atoms with Crippen LogP contribution in [0.25, 0.3) is 0 Å². The molecule has 0 aromatic rings.